The van der Waals surface area contributed by atoms with E-state index in [1.165, 1.54) is 23.9 Å². The van der Waals surface area contributed by atoms with Crippen LogP contribution in [0.4, 0.5) is 11.4 Å². The fourth-order valence-corrected chi connectivity index (χ4v) is 5.41. The van der Waals surface area contributed by atoms with Gasteiger partial charge in [0.2, 0.25) is 10.0 Å². The summed E-state index contributed by atoms with van der Waals surface area (Å²) in [5.74, 6) is 0.436. The first-order valence-corrected chi connectivity index (χ1v) is 13.3. The molecule has 0 aromatic heterocycles. The molecule has 1 heterocycles. The Labute approximate surface area is 213 Å². The predicted octanol–water partition coefficient (Wildman–Crippen LogP) is 5.30. The maximum atomic E-state index is 13.7. The largest absolute Gasteiger partial charge is 0.496 e. The third-order valence-corrected chi connectivity index (χ3v) is 7.53. The van der Waals surface area contributed by atoms with Crippen LogP contribution in [0.5, 0.6) is 5.75 Å². The quantitative estimate of drug-likeness (QED) is 0.363. The normalized spacial score (nSPS) is 16.3. The van der Waals surface area contributed by atoms with E-state index in [0.29, 0.717) is 27.2 Å². The summed E-state index contributed by atoms with van der Waals surface area (Å²) in [5.41, 5.74) is 1.96. The number of anilines is 1. The van der Waals surface area contributed by atoms with Crippen molar-refractivity contribution in [2.75, 3.05) is 12.0 Å². The van der Waals surface area contributed by atoms with Crippen LogP contribution in [0, 0.1) is 0 Å². The van der Waals surface area contributed by atoms with E-state index in [1.54, 1.807) is 24.1 Å². The lowest BCUT2D eigenvalue weighted by molar-refractivity contribution is -0.113. The van der Waals surface area contributed by atoms with Gasteiger partial charge in [0.1, 0.15) is 5.75 Å². The van der Waals surface area contributed by atoms with Crippen molar-refractivity contribution in [2.45, 2.75) is 4.90 Å². The number of ether oxygens (including phenoxy) is 1. The lowest BCUT2D eigenvalue weighted by Gasteiger charge is -2.15. The monoisotopic (exact) mass is 515 g/mol. The number of carbonyl (C=O) groups is 1. The first kappa shape index (κ1) is 23.8. The molecule has 0 bridgehead atoms. The lowest BCUT2D eigenvalue weighted by Crippen LogP contribution is -2.28. The first-order chi connectivity index (χ1) is 17.3. The molecule has 0 spiro atoms. The molecular formula is C27H21N3O4S2. The van der Waals surface area contributed by atoms with E-state index in [-0.39, 0.29) is 10.8 Å². The molecular weight excluding hydrogens is 494 g/mol. The number of sulfonamides is 1. The number of rotatable bonds is 5. The molecule has 7 nitrogen and oxygen atoms in total. The van der Waals surface area contributed by atoms with Gasteiger partial charge in [-0.3, -0.25) is 9.69 Å². The number of amidine groups is 1. The number of thioether (sulfide) groups is 1. The molecule has 4 aromatic rings. The summed E-state index contributed by atoms with van der Waals surface area (Å²) in [5, 5.41) is 7.64. The molecule has 1 saturated heterocycles. The maximum absolute atomic E-state index is 13.7. The van der Waals surface area contributed by atoms with E-state index in [1.807, 2.05) is 72.8 Å². The predicted molar refractivity (Wildman–Crippen MR) is 145 cm³/mol. The number of nitrogens with two attached hydrogens (primary N) is 1. The second-order valence-electron chi connectivity index (χ2n) is 7.92. The van der Waals surface area contributed by atoms with Gasteiger partial charge in [-0.1, -0.05) is 48.5 Å². The van der Waals surface area contributed by atoms with Crippen LogP contribution in [0.2, 0.25) is 0 Å². The number of aliphatic imine (C=N–C) groups is 1. The summed E-state index contributed by atoms with van der Waals surface area (Å²) in [4.78, 5) is 20.3. The van der Waals surface area contributed by atoms with Crippen molar-refractivity contribution in [3.8, 4) is 5.75 Å². The molecule has 0 unspecified atom stereocenters. The molecule has 1 aliphatic heterocycles. The zero-order valence-electron chi connectivity index (χ0n) is 19.2. The molecule has 2 N–H and O–H groups in total. The van der Waals surface area contributed by atoms with Gasteiger partial charge in [0.25, 0.3) is 5.91 Å². The Kier molecular flexibility index (Phi) is 6.36. The van der Waals surface area contributed by atoms with Crippen molar-refractivity contribution in [2.24, 2.45) is 10.1 Å². The van der Waals surface area contributed by atoms with Gasteiger partial charge in [0.05, 0.1) is 28.3 Å². The van der Waals surface area contributed by atoms with Gasteiger partial charge in [-0.15, -0.1) is 0 Å². The van der Waals surface area contributed by atoms with Crippen LogP contribution < -0.4 is 14.8 Å². The van der Waals surface area contributed by atoms with Gasteiger partial charge in [0, 0.05) is 5.56 Å². The number of para-hydroxylation sites is 1. The fraction of sp³-hybridized carbons (Fsp3) is 0.0370. The van der Waals surface area contributed by atoms with Gasteiger partial charge < -0.3 is 4.74 Å². The molecule has 0 saturated carbocycles. The third-order valence-electron chi connectivity index (χ3n) is 5.64. The number of hydrogen-bond donors (Lipinski definition) is 1. The maximum Gasteiger partial charge on any atom is 0.271 e. The lowest BCUT2D eigenvalue weighted by atomic mass is 10.0. The zero-order valence-corrected chi connectivity index (χ0v) is 20.8. The number of primary sulfonamides is 1. The summed E-state index contributed by atoms with van der Waals surface area (Å²) in [6.07, 6.45) is 1.83. The number of carbonyl (C=O) groups excluding carboxylic acids is 1. The molecule has 0 aliphatic carbocycles. The number of benzene rings is 4. The number of nitrogens with zero attached hydrogens (tertiary/aromatic N) is 2. The standard InChI is InChI=1S/C27H21N3O4S2/c1-34-24-16-11-18-7-5-6-10-22(18)23(24)17-25-26(31)30(20-8-3-2-4-9-20)27(35-25)29-19-12-14-21(15-13-19)36(28,32)33/h2-17H,1H3,(H2,28,32,33). The van der Waals surface area contributed by atoms with E-state index in [9.17, 15) is 13.2 Å². The number of hydrogen-bond acceptors (Lipinski definition) is 6. The molecule has 5 rings (SSSR count). The van der Waals surface area contributed by atoms with Crippen LogP contribution in [0.1, 0.15) is 5.56 Å². The summed E-state index contributed by atoms with van der Waals surface area (Å²) in [7, 11) is -2.22. The molecule has 1 amide bonds. The second kappa shape index (κ2) is 9.62. The van der Waals surface area contributed by atoms with E-state index in [2.05, 4.69) is 4.99 Å². The van der Waals surface area contributed by atoms with Crippen molar-refractivity contribution in [3.05, 3.63) is 101 Å². The SMILES string of the molecule is COc1ccc2ccccc2c1C=C1SC(=Nc2ccc(S(N)(=O)=O)cc2)N(c2ccccc2)C1=O. The highest BCUT2D eigenvalue weighted by Crippen LogP contribution is 2.39. The molecule has 0 radical (unpaired) electrons. The van der Waals surface area contributed by atoms with Crippen LogP contribution in [-0.2, 0) is 14.8 Å². The van der Waals surface area contributed by atoms with E-state index in [4.69, 9.17) is 9.88 Å². The summed E-state index contributed by atoms with van der Waals surface area (Å²) >= 11 is 1.24. The van der Waals surface area contributed by atoms with Crippen molar-refractivity contribution < 1.29 is 17.9 Å². The summed E-state index contributed by atoms with van der Waals surface area (Å²) in [6, 6.07) is 26.9. The minimum Gasteiger partial charge on any atom is -0.496 e. The van der Waals surface area contributed by atoms with E-state index >= 15 is 0 Å². The Morgan fingerprint density at radius 1 is 0.917 bits per heavy atom. The highest BCUT2D eigenvalue weighted by atomic mass is 32.2. The number of fused-ring (bicyclic) bond motifs is 1. The molecule has 9 heteroatoms. The Hall–Kier alpha value is -3.92. The van der Waals surface area contributed by atoms with Crippen molar-refractivity contribution in [1.82, 2.24) is 0 Å². The number of methoxy groups -OCH3 is 1. The molecule has 36 heavy (non-hydrogen) atoms. The molecule has 1 fully saturated rings. The third kappa shape index (κ3) is 4.64. The van der Waals surface area contributed by atoms with Crippen LogP contribution >= 0.6 is 11.8 Å². The first-order valence-electron chi connectivity index (χ1n) is 10.9. The minimum absolute atomic E-state index is 0.00912. The van der Waals surface area contributed by atoms with Crippen LogP contribution in [0.25, 0.3) is 16.8 Å². The highest BCUT2D eigenvalue weighted by molar-refractivity contribution is 8.19. The van der Waals surface area contributed by atoms with Crippen molar-refractivity contribution >= 4 is 61.1 Å². The van der Waals surface area contributed by atoms with Gasteiger partial charge in [-0.25, -0.2) is 18.5 Å². The van der Waals surface area contributed by atoms with Gasteiger partial charge in [-0.05, 0) is 71.1 Å². The van der Waals surface area contributed by atoms with Crippen LogP contribution in [0.15, 0.2) is 106 Å². The highest BCUT2D eigenvalue weighted by Gasteiger charge is 2.35. The average molecular weight is 516 g/mol. The van der Waals surface area contributed by atoms with Gasteiger partial charge in [-0.2, -0.15) is 0 Å². The van der Waals surface area contributed by atoms with Gasteiger partial charge in [0.15, 0.2) is 5.17 Å². The minimum atomic E-state index is -3.82. The van der Waals surface area contributed by atoms with E-state index in [0.717, 1.165) is 16.3 Å². The van der Waals surface area contributed by atoms with Crippen LogP contribution in [0.3, 0.4) is 0 Å². The zero-order chi connectivity index (χ0) is 25.3. The average Bonchev–Trinajstić information content (AvgIpc) is 3.18. The second-order valence-corrected chi connectivity index (χ2v) is 10.5. The molecule has 4 aromatic carbocycles. The van der Waals surface area contributed by atoms with E-state index < -0.39 is 10.0 Å². The summed E-state index contributed by atoms with van der Waals surface area (Å²) < 4.78 is 28.8. The smallest absolute Gasteiger partial charge is 0.271 e. The molecule has 1 aliphatic rings. The van der Waals surface area contributed by atoms with Crippen molar-refractivity contribution in [3.63, 3.8) is 0 Å². The Morgan fingerprint density at radius 3 is 2.31 bits per heavy atom. The Balaban J connectivity index is 1.62. The molecule has 180 valence electrons. The topological polar surface area (TPSA) is 102 Å². The molecule has 0 atom stereocenters. The fourth-order valence-electron chi connectivity index (χ4n) is 3.91. The number of amides is 1. The summed E-state index contributed by atoms with van der Waals surface area (Å²) in [6.45, 7) is 0. The Morgan fingerprint density at radius 2 is 1.61 bits per heavy atom. The van der Waals surface area contributed by atoms with Gasteiger partial charge >= 0.3 is 0 Å². The Bertz CT molecular complexity index is 1630. The van der Waals surface area contributed by atoms with Crippen LogP contribution in [-0.4, -0.2) is 26.6 Å². The van der Waals surface area contributed by atoms with Crippen molar-refractivity contribution in [1.29, 1.82) is 0 Å².